The van der Waals surface area contributed by atoms with Crippen LogP contribution in [-0.2, 0) is 0 Å². The van der Waals surface area contributed by atoms with Crippen molar-refractivity contribution >= 4 is 0 Å². The van der Waals surface area contributed by atoms with Crippen molar-refractivity contribution in [1.82, 2.24) is 10.2 Å². The van der Waals surface area contributed by atoms with Crippen molar-refractivity contribution < 1.29 is 0 Å². The summed E-state index contributed by atoms with van der Waals surface area (Å²) in [5, 5.41) is 3.87. The summed E-state index contributed by atoms with van der Waals surface area (Å²) in [6.45, 7) is 15.1. The topological polar surface area (TPSA) is 15.3 Å². The van der Waals surface area contributed by atoms with Crippen LogP contribution in [0.1, 0.15) is 73.1 Å². The van der Waals surface area contributed by atoms with Gasteiger partial charge in [-0.05, 0) is 51.2 Å². The van der Waals surface area contributed by atoms with Crippen molar-refractivity contribution in [3.05, 3.63) is 0 Å². The van der Waals surface area contributed by atoms with Crippen molar-refractivity contribution in [3.8, 4) is 0 Å². The second-order valence-corrected chi connectivity index (χ2v) is 6.06. The monoisotopic (exact) mass is 268 g/mol. The average Bonchev–Trinajstić information content (AvgIpc) is 2.96. The highest BCUT2D eigenvalue weighted by atomic mass is 15.2. The molecule has 1 fully saturated rings. The maximum absolute atomic E-state index is 3.87. The predicted octanol–water partition coefficient (Wildman–Crippen LogP) is 4.06. The molecule has 0 aromatic carbocycles. The first kappa shape index (κ1) is 17.0. The van der Waals surface area contributed by atoms with E-state index in [9.17, 15) is 0 Å². The lowest BCUT2D eigenvalue weighted by atomic mass is 9.75. The second-order valence-electron chi connectivity index (χ2n) is 6.06. The highest BCUT2D eigenvalue weighted by Gasteiger charge is 2.43. The predicted molar refractivity (Wildman–Crippen MR) is 85.7 cm³/mol. The largest absolute Gasteiger partial charge is 0.312 e. The third-order valence-corrected chi connectivity index (χ3v) is 5.49. The van der Waals surface area contributed by atoms with Gasteiger partial charge in [-0.2, -0.15) is 0 Å². The standard InChI is InChI=1S/C17H36N2/c1-6-17(7-2,19(9-4)10-5)16(18-8-3)15-13-11-12-14-15/h15-16,18H,6-14H2,1-5H3. The molecule has 19 heavy (non-hydrogen) atoms. The Balaban J connectivity index is 3.01. The fourth-order valence-electron chi connectivity index (χ4n) is 4.49. The first-order chi connectivity index (χ1) is 9.19. The number of likely N-dealkylation sites (N-methyl/N-ethyl adjacent to an activating group) is 2. The molecule has 1 rings (SSSR count). The van der Waals surface area contributed by atoms with E-state index in [4.69, 9.17) is 0 Å². The van der Waals surface area contributed by atoms with Gasteiger partial charge in [-0.1, -0.05) is 47.5 Å². The molecule has 2 nitrogen and oxygen atoms in total. The summed E-state index contributed by atoms with van der Waals surface area (Å²) in [6, 6.07) is 0.676. The van der Waals surface area contributed by atoms with E-state index >= 15 is 0 Å². The summed E-state index contributed by atoms with van der Waals surface area (Å²) in [7, 11) is 0. The lowest BCUT2D eigenvalue weighted by molar-refractivity contribution is 0.0279. The molecule has 1 aliphatic carbocycles. The molecule has 0 heterocycles. The van der Waals surface area contributed by atoms with Crippen LogP contribution in [0, 0.1) is 5.92 Å². The Morgan fingerprint density at radius 3 is 1.89 bits per heavy atom. The van der Waals surface area contributed by atoms with Crippen LogP contribution in [-0.4, -0.2) is 36.1 Å². The van der Waals surface area contributed by atoms with Crippen LogP contribution in [0.3, 0.4) is 0 Å². The van der Waals surface area contributed by atoms with Gasteiger partial charge in [0.2, 0.25) is 0 Å². The van der Waals surface area contributed by atoms with E-state index in [1.165, 1.54) is 51.6 Å². The summed E-state index contributed by atoms with van der Waals surface area (Å²) in [4.78, 5) is 2.72. The molecule has 1 saturated carbocycles. The minimum atomic E-state index is 0.356. The quantitative estimate of drug-likeness (QED) is 0.678. The second kappa shape index (κ2) is 8.26. The van der Waals surface area contributed by atoms with E-state index in [1.807, 2.05) is 0 Å². The van der Waals surface area contributed by atoms with Gasteiger partial charge >= 0.3 is 0 Å². The number of hydrogen-bond donors (Lipinski definition) is 1. The summed E-state index contributed by atoms with van der Waals surface area (Å²) in [5.41, 5.74) is 0.356. The number of nitrogens with zero attached hydrogens (tertiary/aromatic N) is 1. The molecule has 0 amide bonds. The van der Waals surface area contributed by atoms with Crippen molar-refractivity contribution in [2.75, 3.05) is 19.6 Å². The third kappa shape index (κ3) is 3.52. The summed E-state index contributed by atoms with van der Waals surface area (Å²) >= 11 is 0. The molecule has 114 valence electrons. The minimum Gasteiger partial charge on any atom is -0.312 e. The molecule has 1 atom stereocenters. The summed E-state index contributed by atoms with van der Waals surface area (Å²) < 4.78 is 0. The minimum absolute atomic E-state index is 0.356. The lowest BCUT2D eigenvalue weighted by Crippen LogP contribution is -2.63. The highest BCUT2D eigenvalue weighted by Crippen LogP contribution is 2.38. The van der Waals surface area contributed by atoms with Gasteiger partial charge < -0.3 is 5.32 Å². The van der Waals surface area contributed by atoms with E-state index in [2.05, 4.69) is 44.8 Å². The number of hydrogen-bond acceptors (Lipinski definition) is 2. The van der Waals surface area contributed by atoms with Gasteiger partial charge in [0.1, 0.15) is 0 Å². The highest BCUT2D eigenvalue weighted by molar-refractivity contribution is 5.02. The molecule has 1 aliphatic rings. The van der Waals surface area contributed by atoms with Gasteiger partial charge in [0.05, 0.1) is 0 Å². The first-order valence-electron chi connectivity index (χ1n) is 8.68. The maximum Gasteiger partial charge on any atom is 0.0359 e. The normalized spacial score (nSPS) is 19.3. The van der Waals surface area contributed by atoms with Crippen LogP contribution in [0.5, 0.6) is 0 Å². The summed E-state index contributed by atoms with van der Waals surface area (Å²) in [5.74, 6) is 0.889. The molecule has 0 saturated heterocycles. The zero-order chi connectivity index (χ0) is 14.3. The fourth-order valence-corrected chi connectivity index (χ4v) is 4.49. The Bertz CT molecular complexity index is 225. The van der Waals surface area contributed by atoms with Crippen LogP contribution in [0.15, 0.2) is 0 Å². The Hall–Kier alpha value is -0.0800. The van der Waals surface area contributed by atoms with E-state index in [-0.39, 0.29) is 0 Å². The van der Waals surface area contributed by atoms with Crippen LogP contribution in [0.2, 0.25) is 0 Å². The molecular weight excluding hydrogens is 232 g/mol. The van der Waals surface area contributed by atoms with Gasteiger partial charge in [-0.3, -0.25) is 4.90 Å². The third-order valence-electron chi connectivity index (χ3n) is 5.49. The van der Waals surface area contributed by atoms with Crippen molar-refractivity contribution in [2.45, 2.75) is 84.7 Å². The first-order valence-corrected chi connectivity index (χ1v) is 8.68. The molecule has 0 bridgehead atoms. The van der Waals surface area contributed by atoms with Gasteiger partial charge in [-0.25, -0.2) is 0 Å². The van der Waals surface area contributed by atoms with Crippen molar-refractivity contribution in [3.63, 3.8) is 0 Å². The van der Waals surface area contributed by atoms with Crippen molar-refractivity contribution in [2.24, 2.45) is 5.92 Å². The van der Waals surface area contributed by atoms with E-state index in [1.54, 1.807) is 0 Å². The van der Waals surface area contributed by atoms with E-state index in [0.717, 1.165) is 12.5 Å². The zero-order valence-corrected chi connectivity index (χ0v) is 14.0. The number of nitrogens with one attached hydrogen (secondary N) is 1. The molecule has 0 aromatic heterocycles. The average molecular weight is 268 g/mol. The molecule has 0 aliphatic heterocycles. The Morgan fingerprint density at radius 2 is 1.53 bits per heavy atom. The van der Waals surface area contributed by atoms with Crippen molar-refractivity contribution in [1.29, 1.82) is 0 Å². The van der Waals surface area contributed by atoms with Gasteiger partial charge in [-0.15, -0.1) is 0 Å². The lowest BCUT2D eigenvalue weighted by Gasteiger charge is -2.50. The molecule has 2 heteroatoms. The number of rotatable bonds is 9. The van der Waals surface area contributed by atoms with Gasteiger partial charge in [0.25, 0.3) is 0 Å². The van der Waals surface area contributed by atoms with Crippen LogP contribution >= 0.6 is 0 Å². The van der Waals surface area contributed by atoms with Crippen LogP contribution < -0.4 is 5.32 Å². The Labute approximate surface area is 121 Å². The maximum atomic E-state index is 3.87. The smallest absolute Gasteiger partial charge is 0.0359 e. The molecule has 1 unspecified atom stereocenters. The van der Waals surface area contributed by atoms with Gasteiger partial charge in [0, 0.05) is 11.6 Å². The summed E-state index contributed by atoms with van der Waals surface area (Å²) in [6.07, 6.45) is 8.27. The van der Waals surface area contributed by atoms with E-state index < -0.39 is 0 Å². The van der Waals surface area contributed by atoms with Crippen LogP contribution in [0.4, 0.5) is 0 Å². The van der Waals surface area contributed by atoms with Gasteiger partial charge in [0.15, 0.2) is 0 Å². The molecule has 0 aromatic rings. The van der Waals surface area contributed by atoms with E-state index in [0.29, 0.717) is 11.6 Å². The fraction of sp³-hybridized carbons (Fsp3) is 1.00. The Kier molecular flexibility index (Phi) is 7.38. The Morgan fingerprint density at radius 1 is 1.00 bits per heavy atom. The van der Waals surface area contributed by atoms with Crippen LogP contribution in [0.25, 0.3) is 0 Å². The molecule has 0 radical (unpaired) electrons. The SMILES string of the molecule is CCNC(C1CCCC1)C(CC)(CC)N(CC)CC. The molecule has 0 spiro atoms. The zero-order valence-electron chi connectivity index (χ0n) is 14.0. The molecule has 1 N–H and O–H groups in total. The molecular formula is C17H36N2.